The van der Waals surface area contributed by atoms with Crippen molar-refractivity contribution < 1.29 is 29.0 Å². The van der Waals surface area contributed by atoms with Gasteiger partial charge in [0.05, 0.1) is 25.3 Å². The maximum Gasteiger partial charge on any atom is 0.300 e. The smallest absolute Gasteiger partial charge is 0.300 e. The topological polar surface area (TPSA) is 105 Å². The van der Waals surface area contributed by atoms with Crippen molar-refractivity contribution >= 4 is 34.7 Å². The molecule has 1 atom stereocenters. The lowest BCUT2D eigenvalue weighted by Gasteiger charge is -2.25. The molecule has 3 aromatic carbocycles. The third kappa shape index (κ3) is 6.12. The second kappa shape index (κ2) is 12.3. The average molecular weight is 529 g/mol. The number of anilines is 2. The van der Waals surface area contributed by atoms with Crippen molar-refractivity contribution in [3.8, 4) is 11.5 Å². The van der Waals surface area contributed by atoms with E-state index in [0.29, 0.717) is 40.6 Å². The highest BCUT2D eigenvalue weighted by Gasteiger charge is 2.47. The molecule has 0 aliphatic carbocycles. The molecule has 1 aliphatic heterocycles. The fourth-order valence-corrected chi connectivity index (χ4v) is 4.52. The SMILES string of the molecule is CCCCCOc1ccc(/C(O)=C2\C(=O)C(=O)N(c3ccc(NC(C)=O)cc3)C2c2ccc(OC)cc2)cc1. The van der Waals surface area contributed by atoms with Crippen molar-refractivity contribution in [2.24, 2.45) is 0 Å². The molecule has 8 nitrogen and oxygen atoms in total. The van der Waals surface area contributed by atoms with Crippen LogP contribution < -0.4 is 19.7 Å². The van der Waals surface area contributed by atoms with Gasteiger partial charge in [-0.25, -0.2) is 0 Å². The summed E-state index contributed by atoms with van der Waals surface area (Å²) < 4.78 is 11.0. The van der Waals surface area contributed by atoms with Gasteiger partial charge >= 0.3 is 0 Å². The van der Waals surface area contributed by atoms with E-state index in [2.05, 4.69) is 12.2 Å². The zero-order valence-corrected chi connectivity index (χ0v) is 22.3. The first-order valence-corrected chi connectivity index (χ1v) is 12.9. The Hall–Kier alpha value is -4.59. The third-order valence-electron chi connectivity index (χ3n) is 6.49. The van der Waals surface area contributed by atoms with Gasteiger partial charge in [0.25, 0.3) is 11.7 Å². The van der Waals surface area contributed by atoms with Crippen LogP contribution in [0.1, 0.15) is 50.3 Å². The molecule has 202 valence electrons. The molecule has 8 heteroatoms. The van der Waals surface area contributed by atoms with E-state index >= 15 is 0 Å². The highest BCUT2D eigenvalue weighted by atomic mass is 16.5. The number of nitrogens with one attached hydrogen (secondary N) is 1. The van der Waals surface area contributed by atoms with Crippen LogP contribution in [-0.4, -0.2) is 36.4 Å². The Morgan fingerprint density at radius 3 is 2.15 bits per heavy atom. The first kappa shape index (κ1) is 27.4. The van der Waals surface area contributed by atoms with Crippen LogP contribution in [0.15, 0.2) is 78.4 Å². The van der Waals surface area contributed by atoms with Crippen molar-refractivity contribution in [2.75, 3.05) is 23.9 Å². The summed E-state index contributed by atoms with van der Waals surface area (Å²) in [5.74, 6) is -0.776. The molecule has 1 aliphatic rings. The Labute approximate surface area is 227 Å². The van der Waals surface area contributed by atoms with Crippen molar-refractivity contribution in [3.05, 3.63) is 89.5 Å². The highest BCUT2D eigenvalue weighted by molar-refractivity contribution is 6.51. The van der Waals surface area contributed by atoms with Gasteiger partial charge in [-0.05, 0) is 72.6 Å². The van der Waals surface area contributed by atoms with Crippen LogP contribution in [0.5, 0.6) is 11.5 Å². The Morgan fingerprint density at radius 2 is 1.56 bits per heavy atom. The number of aliphatic hydroxyl groups is 1. The number of benzene rings is 3. The van der Waals surface area contributed by atoms with E-state index < -0.39 is 17.7 Å². The number of ether oxygens (including phenoxy) is 2. The van der Waals surface area contributed by atoms with Gasteiger partial charge < -0.3 is 19.9 Å². The molecule has 0 spiro atoms. The molecule has 2 N–H and O–H groups in total. The van der Waals surface area contributed by atoms with E-state index in [-0.39, 0.29) is 17.2 Å². The molecule has 2 amide bonds. The lowest BCUT2D eigenvalue weighted by molar-refractivity contribution is -0.132. The predicted molar refractivity (Wildman–Crippen MR) is 150 cm³/mol. The fourth-order valence-electron chi connectivity index (χ4n) is 4.52. The highest BCUT2D eigenvalue weighted by Crippen LogP contribution is 2.42. The minimum absolute atomic E-state index is 0.0206. The van der Waals surface area contributed by atoms with Gasteiger partial charge in [0.15, 0.2) is 0 Å². The summed E-state index contributed by atoms with van der Waals surface area (Å²) in [5, 5.41) is 14.0. The first-order valence-electron chi connectivity index (χ1n) is 12.9. The fraction of sp³-hybridized carbons (Fsp3) is 0.258. The molecule has 0 radical (unpaired) electrons. The number of nitrogens with zero attached hydrogens (tertiary/aromatic N) is 1. The summed E-state index contributed by atoms with van der Waals surface area (Å²) in [6, 6.07) is 19.5. The third-order valence-corrected chi connectivity index (χ3v) is 6.49. The van der Waals surface area contributed by atoms with Crippen LogP contribution in [0, 0.1) is 0 Å². The van der Waals surface area contributed by atoms with E-state index in [1.54, 1.807) is 79.9 Å². The standard InChI is InChI=1S/C31H32N2O6/c1-4-5-6-19-39-26-17-9-22(10-18-26)29(35)27-28(21-7-15-25(38-3)16-8-21)33(31(37)30(27)36)24-13-11-23(12-14-24)32-20(2)34/h7-18,28,35H,4-6,19H2,1-3H3,(H,32,34)/b29-27+. The lowest BCUT2D eigenvalue weighted by atomic mass is 9.95. The largest absolute Gasteiger partial charge is 0.507 e. The van der Waals surface area contributed by atoms with Crippen molar-refractivity contribution in [3.63, 3.8) is 0 Å². The lowest BCUT2D eigenvalue weighted by Crippen LogP contribution is -2.29. The van der Waals surface area contributed by atoms with Crippen LogP contribution in [0.4, 0.5) is 11.4 Å². The summed E-state index contributed by atoms with van der Waals surface area (Å²) in [6.07, 6.45) is 3.14. The molecule has 3 aromatic rings. The number of rotatable bonds is 10. The summed E-state index contributed by atoms with van der Waals surface area (Å²) in [7, 11) is 1.55. The minimum Gasteiger partial charge on any atom is -0.507 e. The molecular weight excluding hydrogens is 496 g/mol. The predicted octanol–water partition coefficient (Wildman–Crippen LogP) is 5.85. The van der Waals surface area contributed by atoms with Gasteiger partial charge in [-0.2, -0.15) is 0 Å². The van der Waals surface area contributed by atoms with Gasteiger partial charge in [0, 0.05) is 23.9 Å². The van der Waals surface area contributed by atoms with E-state index in [9.17, 15) is 19.5 Å². The number of ketones is 1. The van der Waals surface area contributed by atoms with Crippen LogP contribution >= 0.6 is 0 Å². The first-order chi connectivity index (χ1) is 18.8. The summed E-state index contributed by atoms with van der Waals surface area (Å²) in [5.41, 5.74) is 2.00. The van der Waals surface area contributed by atoms with Gasteiger partial charge in [-0.1, -0.05) is 31.9 Å². The second-order valence-corrected chi connectivity index (χ2v) is 9.25. The molecule has 1 fully saturated rings. The summed E-state index contributed by atoms with van der Waals surface area (Å²) in [4.78, 5) is 39.5. The van der Waals surface area contributed by atoms with Crippen molar-refractivity contribution in [1.29, 1.82) is 0 Å². The van der Waals surface area contributed by atoms with Crippen molar-refractivity contribution in [2.45, 2.75) is 39.2 Å². The van der Waals surface area contributed by atoms with E-state index in [0.717, 1.165) is 19.3 Å². The summed E-state index contributed by atoms with van der Waals surface area (Å²) in [6.45, 7) is 4.13. The zero-order chi connectivity index (χ0) is 27.9. The number of hydrogen-bond acceptors (Lipinski definition) is 6. The molecule has 0 aromatic heterocycles. The molecular formula is C31H32N2O6. The van der Waals surface area contributed by atoms with Gasteiger partial charge in [0.2, 0.25) is 5.91 Å². The van der Waals surface area contributed by atoms with Gasteiger partial charge in [-0.3, -0.25) is 19.3 Å². The number of carbonyl (C=O) groups is 3. The normalized spacial score (nSPS) is 16.3. The molecule has 1 unspecified atom stereocenters. The Balaban J connectivity index is 1.74. The summed E-state index contributed by atoms with van der Waals surface area (Å²) >= 11 is 0. The van der Waals surface area contributed by atoms with Crippen LogP contribution in [0.2, 0.25) is 0 Å². The average Bonchev–Trinajstić information content (AvgIpc) is 3.21. The Morgan fingerprint density at radius 1 is 0.923 bits per heavy atom. The Bertz CT molecular complexity index is 1360. The quantitative estimate of drug-likeness (QED) is 0.148. The number of aliphatic hydroxyl groups excluding tert-OH is 1. The maximum absolute atomic E-state index is 13.4. The second-order valence-electron chi connectivity index (χ2n) is 9.25. The number of hydrogen-bond donors (Lipinski definition) is 2. The molecule has 0 bridgehead atoms. The molecule has 39 heavy (non-hydrogen) atoms. The molecule has 1 heterocycles. The van der Waals surface area contributed by atoms with Crippen LogP contribution in [0.25, 0.3) is 5.76 Å². The zero-order valence-electron chi connectivity index (χ0n) is 22.3. The monoisotopic (exact) mass is 528 g/mol. The number of Topliss-reactive ketones (excluding diaryl/α,β-unsaturated/α-hetero) is 1. The van der Waals surface area contributed by atoms with E-state index in [4.69, 9.17) is 9.47 Å². The Kier molecular flexibility index (Phi) is 8.66. The number of amides is 2. The molecule has 4 rings (SSSR count). The number of carbonyl (C=O) groups excluding carboxylic acids is 3. The minimum atomic E-state index is -0.882. The number of methoxy groups -OCH3 is 1. The van der Waals surface area contributed by atoms with Gasteiger partial charge in [-0.15, -0.1) is 0 Å². The van der Waals surface area contributed by atoms with E-state index in [1.807, 2.05) is 0 Å². The number of unbranched alkanes of at least 4 members (excludes halogenated alkanes) is 2. The molecule has 1 saturated heterocycles. The van der Waals surface area contributed by atoms with Crippen LogP contribution in [-0.2, 0) is 14.4 Å². The van der Waals surface area contributed by atoms with Crippen LogP contribution in [0.3, 0.4) is 0 Å². The molecule has 0 saturated carbocycles. The van der Waals surface area contributed by atoms with Gasteiger partial charge in [0.1, 0.15) is 17.3 Å². The maximum atomic E-state index is 13.4. The van der Waals surface area contributed by atoms with Crippen molar-refractivity contribution in [1.82, 2.24) is 0 Å². The van der Waals surface area contributed by atoms with E-state index in [1.165, 1.54) is 11.8 Å².